The lowest BCUT2D eigenvalue weighted by Gasteiger charge is -2.23. The summed E-state index contributed by atoms with van der Waals surface area (Å²) in [7, 11) is -3.18. The van der Waals surface area contributed by atoms with Gasteiger partial charge < -0.3 is 4.90 Å². The molecule has 2 rings (SSSR count). The Morgan fingerprint density at radius 2 is 1.73 bits per heavy atom. The third-order valence-corrected chi connectivity index (χ3v) is 7.07. The van der Waals surface area contributed by atoms with Crippen LogP contribution >= 0.6 is 0 Å². The van der Waals surface area contributed by atoms with Gasteiger partial charge in [0.25, 0.3) is 0 Å². The van der Waals surface area contributed by atoms with Gasteiger partial charge in [-0.1, -0.05) is 27.7 Å². The number of hydrogen-bond acceptors (Lipinski definition) is 3. The summed E-state index contributed by atoms with van der Waals surface area (Å²) >= 11 is 0. The Morgan fingerprint density at radius 1 is 1.09 bits per heavy atom. The first-order valence-corrected chi connectivity index (χ1v) is 9.99. The fourth-order valence-electron chi connectivity index (χ4n) is 3.61. The number of amides is 1. The van der Waals surface area contributed by atoms with Crippen molar-refractivity contribution in [2.75, 3.05) is 26.2 Å². The van der Waals surface area contributed by atoms with E-state index >= 15 is 0 Å². The third kappa shape index (κ3) is 3.82. The fourth-order valence-corrected chi connectivity index (χ4v) is 6.01. The van der Waals surface area contributed by atoms with Crippen LogP contribution in [0.3, 0.4) is 0 Å². The van der Waals surface area contributed by atoms with Crippen molar-refractivity contribution in [3.63, 3.8) is 0 Å². The highest BCUT2D eigenvalue weighted by Crippen LogP contribution is 2.34. The predicted octanol–water partition coefficient (Wildman–Crippen LogP) is 1.94. The predicted molar refractivity (Wildman–Crippen MR) is 87.9 cm³/mol. The molecule has 0 aromatic heterocycles. The third-order valence-electron chi connectivity index (χ3n) is 4.66. The number of sulfonamides is 1. The zero-order chi connectivity index (χ0) is 16.5. The van der Waals surface area contributed by atoms with Gasteiger partial charge in [0.2, 0.25) is 15.9 Å². The molecular weight excluding hydrogens is 300 g/mol. The summed E-state index contributed by atoms with van der Waals surface area (Å²) in [5, 5.41) is -0.289. The van der Waals surface area contributed by atoms with E-state index in [-0.39, 0.29) is 17.1 Å². The van der Waals surface area contributed by atoms with Crippen LogP contribution < -0.4 is 0 Å². The number of carbonyl (C=O) groups excluding carboxylic acids is 1. The smallest absolute Gasteiger partial charge is 0.222 e. The molecule has 0 unspecified atom stereocenters. The summed E-state index contributed by atoms with van der Waals surface area (Å²) in [6.07, 6.45) is 1.95. The Balaban J connectivity index is 2.03. The van der Waals surface area contributed by atoms with Crippen molar-refractivity contribution < 1.29 is 13.2 Å². The van der Waals surface area contributed by atoms with Gasteiger partial charge in [-0.15, -0.1) is 0 Å². The normalized spacial score (nSPS) is 28.9. The Bertz CT molecular complexity index is 502. The molecule has 1 amide bonds. The topological polar surface area (TPSA) is 57.7 Å². The number of rotatable bonds is 4. The Kier molecular flexibility index (Phi) is 5.54. The molecule has 0 N–H and O–H groups in total. The second-order valence-electron chi connectivity index (χ2n) is 7.61. The van der Waals surface area contributed by atoms with Gasteiger partial charge in [-0.3, -0.25) is 4.79 Å². The zero-order valence-electron chi connectivity index (χ0n) is 14.3. The lowest BCUT2D eigenvalue weighted by molar-refractivity contribution is -0.131. The van der Waals surface area contributed by atoms with Gasteiger partial charge in [0.05, 0.1) is 5.25 Å². The minimum Gasteiger partial charge on any atom is -0.343 e. The summed E-state index contributed by atoms with van der Waals surface area (Å²) in [6, 6.07) is 0. The molecule has 2 fully saturated rings. The molecule has 5 nitrogen and oxygen atoms in total. The number of likely N-dealkylation sites (tertiary alicyclic amines) is 1. The molecule has 22 heavy (non-hydrogen) atoms. The summed E-state index contributed by atoms with van der Waals surface area (Å²) in [5.74, 6) is 1.05. The minimum atomic E-state index is -3.18. The van der Waals surface area contributed by atoms with Crippen LogP contribution in [0.25, 0.3) is 0 Å². The maximum atomic E-state index is 12.7. The van der Waals surface area contributed by atoms with Crippen molar-refractivity contribution in [2.24, 2.45) is 17.8 Å². The Labute approximate surface area is 135 Å². The summed E-state index contributed by atoms with van der Waals surface area (Å²) in [4.78, 5) is 14.1. The average Bonchev–Trinajstić information content (AvgIpc) is 2.54. The maximum Gasteiger partial charge on any atom is 0.222 e. The molecule has 6 heteroatoms. The minimum absolute atomic E-state index is 0.173. The van der Waals surface area contributed by atoms with Gasteiger partial charge in [-0.25, -0.2) is 12.7 Å². The van der Waals surface area contributed by atoms with E-state index in [2.05, 4.69) is 13.8 Å². The van der Waals surface area contributed by atoms with Crippen LogP contribution in [0.4, 0.5) is 0 Å². The lowest BCUT2D eigenvalue weighted by atomic mass is 10.0. The molecule has 0 saturated carbocycles. The van der Waals surface area contributed by atoms with E-state index in [1.54, 1.807) is 4.31 Å². The molecular formula is C16H30N2O3S. The lowest BCUT2D eigenvalue weighted by Crippen LogP contribution is -2.36. The summed E-state index contributed by atoms with van der Waals surface area (Å²) < 4.78 is 27.1. The van der Waals surface area contributed by atoms with E-state index < -0.39 is 10.0 Å². The van der Waals surface area contributed by atoms with Crippen molar-refractivity contribution >= 4 is 15.9 Å². The maximum absolute atomic E-state index is 12.7. The SMILES string of the molecule is CC(C)CC(=O)N1CC[C@@H]2CN(CC(C)C)S(=O)(=O)[C@@H]2CC1. The molecule has 2 atom stereocenters. The van der Waals surface area contributed by atoms with Gasteiger partial charge in [-0.05, 0) is 30.6 Å². The first-order valence-electron chi connectivity index (χ1n) is 8.48. The highest BCUT2D eigenvalue weighted by Gasteiger charge is 2.47. The summed E-state index contributed by atoms with van der Waals surface area (Å²) in [5.41, 5.74) is 0. The number of fused-ring (bicyclic) bond motifs is 1. The van der Waals surface area contributed by atoms with E-state index in [9.17, 15) is 13.2 Å². The molecule has 0 aromatic rings. The van der Waals surface area contributed by atoms with Crippen LogP contribution in [0, 0.1) is 17.8 Å². The largest absolute Gasteiger partial charge is 0.343 e. The van der Waals surface area contributed by atoms with Gasteiger partial charge >= 0.3 is 0 Å². The van der Waals surface area contributed by atoms with Gasteiger partial charge in [0.1, 0.15) is 0 Å². The van der Waals surface area contributed by atoms with E-state index in [1.807, 2.05) is 18.7 Å². The van der Waals surface area contributed by atoms with Crippen LogP contribution in [0.1, 0.15) is 47.0 Å². The first kappa shape index (κ1) is 17.7. The molecule has 2 aliphatic heterocycles. The molecule has 2 heterocycles. The molecule has 0 aliphatic carbocycles. The molecule has 0 radical (unpaired) electrons. The highest BCUT2D eigenvalue weighted by atomic mass is 32.2. The quantitative estimate of drug-likeness (QED) is 0.791. The van der Waals surface area contributed by atoms with Gasteiger partial charge in [-0.2, -0.15) is 0 Å². The molecule has 0 bridgehead atoms. The van der Waals surface area contributed by atoms with E-state index in [0.29, 0.717) is 50.9 Å². The molecule has 0 spiro atoms. The van der Waals surface area contributed by atoms with Gasteiger partial charge in [0, 0.05) is 32.6 Å². The molecule has 128 valence electrons. The first-order chi connectivity index (χ1) is 10.2. The second kappa shape index (κ2) is 6.87. The number of carbonyl (C=O) groups is 1. The van der Waals surface area contributed by atoms with Crippen molar-refractivity contribution in [3.8, 4) is 0 Å². The average molecular weight is 330 g/mol. The number of nitrogens with zero attached hydrogens (tertiary/aromatic N) is 2. The van der Waals surface area contributed by atoms with Gasteiger partial charge in [0.15, 0.2) is 0 Å². The highest BCUT2D eigenvalue weighted by molar-refractivity contribution is 7.90. The van der Waals surface area contributed by atoms with E-state index in [4.69, 9.17) is 0 Å². The van der Waals surface area contributed by atoms with E-state index in [0.717, 1.165) is 6.42 Å². The monoisotopic (exact) mass is 330 g/mol. The van der Waals surface area contributed by atoms with Crippen LogP contribution in [0.15, 0.2) is 0 Å². The van der Waals surface area contributed by atoms with E-state index in [1.165, 1.54) is 0 Å². The fraction of sp³-hybridized carbons (Fsp3) is 0.938. The Hall–Kier alpha value is -0.620. The van der Waals surface area contributed by atoms with Crippen molar-refractivity contribution in [1.29, 1.82) is 0 Å². The van der Waals surface area contributed by atoms with Crippen LogP contribution in [0.2, 0.25) is 0 Å². The summed E-state index contributed by atoms with van der Waals surface area (Å²) in [6.45, 7) is 10.7. The van der Waals surface area contributed by atoms with Crippen molar-refractivity contribution in [1.82, 2.24) is 9.21 Å². The van der Waals surface area contributed by atoms with Crippen LogP contribution in [-0.2, 0) is 14.8 Å². The zero-order valence-corrected chi connectivity index (χ0v) is 15.1. The Morgan fingerprint density at radius 3 is 2.32 bits per heavy atom. The molecule has 2 saturated heterocycles. The van der Waals surface area contributed by atoms with Crippen LogP contribution in [-0.4, -0.2) is 55.0 Å². The molecule has 2 aliphatic rings. The standard InChI is InChI=1S/C16H30N2O3S/c1-12(2)9-16(19)17-7-5-14-11-18(10-13(3)4)22(20,21)15(14)6-8-17/h12-15H,5-11H2,1-4H3/t14-,15-/m1/s1. The van der Waals surface area contributed by atoms with Crippen LogP contribution in [0.5, 0.6) is 0 Å². The molecule has 0 aromatic carbocycles. The van der Waals surface area contributed by atoms with Crippen molar-refractivity contribution in [3.05, 3.63) is 0 Å². The second-order valence-corrected chi connectivity index (χ2v) is 9.76. The van der Waals surface area contributed by atoms with Crippen molar-refractivity contribution in [2.45, 2.75) is 52.2 Å². The number of hydrogen-bond donors (Lipinski definition) is 0.